The molecule has 1 aromatic rings. The van der Waals surface area contributed by atoms with Crippen LogP contribution in [0.15, 0.2) is 12.1 Å². The number of hydrogen-bond acceptors (Lipinski definition) is 3. The first kappa shape index (κ1) is 17.4. The Kier molecular flexibility index (Phi) is 6.58. The van der Waals surface area contributed by atoms with Gasteiger partial charge in [0.2, 0.25) is 0 Å². The summed E-state index contributed by atoms with van der Waals surface area (Å²) >= 11 is 5.91. The standard InChI is InChI=1S/C14H18ClFN2O3/c1-2-9-10(15)6-8(7-11(9)16)13(19)18-5-3-4-12(17)14(20)21/h6-7,12H,2-5,17H2,1H3,(H,18,19)(H,20,21)/t12-/m0/s1. The van der Waals surface area contributed by atoms with Crippen molar-refractivity contribution in [3.05, 3.63) is 34.1 Å². The Morgan fingerprint density at radius 1 is 1.48 bits per heavy atom. The highest BCUT2D eigenvalue weighted by Gasteiger charge is 2.14. The van der Waals surface area contributed by atoms with Crippen LogP contribution < -0.4 is 11.1 Å². The molecule has 0 aromatic heterocycles. The van der Waals surface area contributed by atoms with E-state index >= 15 is 0 Å². The number of carbonyl (C=O) groups is 2. The molecule has 0 saturated heterocycles. The maximum absolute atomic E-state index is 13.7. The zero-order valence-corrected chi connectivity index (χ0v) is 12.4. The number of halogens is 2. The minimum atomic E-state index is -1.08. The van der Waals surface area contributed by atoms with Crippen molar-refractivity contribution < 1.29 is 19.1 Å². The lowest BCUT2D eigenvalue weighted by Crippen LogP contribution is -2.32. The Morgan fingerprint density at radius 2 is 2.14 bits per heavy atom. The van der Waals surface area contributed by atoms with Gasteiger partial charge in [-0.05, 0) is 31.4 Å². The molecule has 0 fully saturated rings. The van der Waals surface area contributed by atoms with Crippen LogP contribution in [-0.4, -0.2) is 29.6 Å². The minimum absolute atomic E-state index is 0.136. The second kappa shape index (κ2) is 7.95. The number of hydrogen-bond donors (Lipinski definition) is 3. The third kappa shape index (κ3) is 4.99. The van der Waals surface area contributed by atoms with E-state index in [-0.39, 0.29) is 23.6 Å². The molecule has 0 unspecified atom stereocenters. The van der Waals surface area contributed by atoms with Crippen LogP contribution in [-0.2, 0) is 11.2 Å². The van der Waals surface area contributed by atoms with E-state index in [0.717, 1.165) is 6.07 Å². The van der Waals surface area contributed by atoms with Crippen LogP contribution in [0.4, 0.5) is 4.39 Å². The zero-order chi connectivity index (χ0) is 16.0. The van der Waals surface area contributed by atoms with Crippen molar-refractivity contribution in [2.45, 2.75) is 32.2 Å². The summed E-state index contributed by atoms with van der Waals surface area (Å²) in [5.74, 6) is -2.05. The van der Waals surface area contributed by atoms with Gasteiger partial charge in [-0.2, -0.15) is 0 Å². The van der Waals surface area contributed by atoms with E-state index in [1.807, 2.05) is 0 Å². The average Bonchev–Trinajstić information content (AvgIpc) is 2.42. The summed E-state index contributed by atoms with van der Waals surface area (Å²) in [5.41, 5.74) is 5.85. The van der Waals surface area contributed by atoms with Gasteiger partial charge in [-0.3, -0.25) is 9.59 Å². The molecule has 0 heterocycles. The number of benzene rings is 1. The van der Waals surface area contributed by atoms with Gasteiger partial charge in [-0.25, -0.2) is 4.39 Å². The average molecular weight is 317 g/mol. The fourth-order valence-electron chi connectivity index (χ4n) is 1.82. The highest BCUT2D eigenvalue weighted by molar-refractivity contribution is 6.31. The Labute approximate surface area is 127 Å². The van der Waals surface area contributed by atoms with Gasteiger partial charge in [0, 0.05) is 22.7 Å². The maximum Gasteiger partial charge on any atom is 0.320 e. The third-order valence-corrected chi connectivity index (χ3v) is 3.39. The van der Waals surface area contributed by atoms with Gasteiger partial charge in [0.1, 0.15) is 11.9 Å². The number of amides is 1. The molecule has 0 aliphatic heterocycles. The van der Waals surface area contributed by atoms with Crippen LogP contribution >= 0.6 is 11.6 Å². The molecule has 0 aliphatic rings. The molecule has 1 amide bonds. The van der Waals surface area contributed by atoms with Gasteiger partial charge >= 0.3 is 5.97 Å². The summed E-state index contributed by atoms with van der Waals surface area (Å²) in [6.45, 7) is 2.03. The molecule has 1 atom stereocenters. The van der Waals surface area contributed by atoms with Crippen molar-refractivity contribution in [3.63, 3.8) is 0 Å². The van der Waals surface area contributed by atoms with E-state index < -0.39 is 23.7 Å². The molecule has 7 heteroatoms. The van der Waals surface area contributed by atoms with E-state index in [2.05, 4.69) is 5.32 Å². The fourth-order valence-corrected chi connectivity index (χ4v) is 2.16. The van der Waals surface area contributed by atoms with Gasteiger partial charge < -0.3 is 16.2 Å². The number of nitrogens with one attached hydrogen (secondary N) is 1. The minimum Gasteiger partial charge on any atom is -0.480 e. The van der Waals surface area contributed by atoms with Crippen LogP contribution in [0.3, 0.4) is 0 Å². The second-order valence-electron chi connectivity index (χ2n) is 4.61. The highest BCUT2D eigenvalue weighted by Crippen LogP contribution is 2.22. The normalized spacial score (nSPS) is 12.0. The van der Waals surface area contributed by atoms with Gasteiger partial charge in [0.05, 0.1) is 0 Å². The van der Waals surface area contributed by atoms with Crippen molar-refractivity contribution in [2.24, 2.45) is 5.73 Å². The molecular weight excluding hydrogens is 299 g/mol. The number of carbonyl (C=O) groups excluding carboxylic acids is 1. The lowest BCUT2D eigenvalue weighted by molar-refractivity contribution is -0.138. The van der Waals surface area contributed by atoms with Gasteiger partial charge in [-0.15, -0.1) is 0 Å². The lowest BCUT2D eigenvalue weighted by Gasteiger charge is -2.09. The van der Waals surface area contributed by atoms with E-state index in [0.29, 0.717) is 18.4 Å². The molecule has 4 N–H and O–H groups in total. The van der Waals surface area contributed by atoms with Crippen molar-refractivity contribution >= 4 is 23.5 Å². The Morgan fingerprint density at radius 3 is 2.67 bits per heavy atom. The summed E-state index contributed by atoms with van der Waals surface area (Å²) in [5, 5.41) is 11.4. The number of carboxylic acid groups (broad SMARTS) is 1. The molecule has 116 valence electrons. The molecule has 0 saturated carbocycles. The molecule has 0 bridgehead atoms. The predicted octanol–water partition coefficient (Wildman–Crippen LogP) is 1.96. The summed E-state index contributed by atoms with van der Waals surface area (Å²) in [7, 11) is 0. The number of aliphatic carboxylic acids is 1. The topological polar surface area (TPSA) is 92.4 Å². The van der Waals surface area contributed by atoms with E-state index in [1.54, 1.807) is 6.92 Å². The maximum atomic E-state index is 13.7. The first-order valence-corrected chi connectivity index (χ1v) is 6.99. The highest BCUT2D eigenvalue weighted by atomic mass is 35.5. The van der Waals surface area contributed by atoms with Crippen LogP contribution in [0.25, 0.3) is 0 Å². The van der Waals surface area contributed by atoms with Crippen LogP contribution in [0, 0.1) is 5.82 Å². The molecule has 1 aromatic carbocycles. The summed E-state index contributed by atoms with van der Waals surface area (Å²) in [4.78, 5) is 22.4. The van der Waals surface area contributed by atoms with Crippen molar-refractivity contribution in [1.29, 1.82) is 0 Å². The lowest BCUT2D eigenvalue weighted by atomic mass is 10.1. The first-order valence-electron chi connectivity index (χ1n) is 6.61. The predicted molar refractivity (Wildman–Crippen MR) is 78.0 cm³/mol. The largest absolute Gasteiger partial charge is 0.480 e. The molecule has 0 aliphatic carbocycles. The van der Waals surface area contributed by atoms with Crippen LogP contribution in [0.1, 0.15) is 35.7 Å². The summed E-state index contributed by atoms with van der Waals surface area (Å²) in [6.07, 6.45) is 1.11. The van der Waals surface area contributed by atoms with Gasteiger partial charge in [-0.1, -0.05) is 18.5 Å². The molecule has 21 heavy (non-hydrogen) atoms. The van der Waals surface area contributed by atoms with Crippen LogP contribution in [0.5, 0.6) is 0 Å². The second-order valence-corrected chi connectivity index (χ2v) is 5.02. The molecule has 0 radical (unpaired) electrons. The van der Waals surface area contributed by atoms with Crippen molar-refractivity contribution in [1.82, 2.24) is 5.32 Å². The van der Waals surface area contributed by atoms with E-state index in [1.165, 1.54) is 6.07 Å². The monoisotopic (exact) mass is 316 g/mol. The Bertz CT molecular complexity index is 514. The quantitative estimate of drug-likeness (QED) is 0.670. The first-order chi connectivity index (χ1) is 9.86. The molecule has 1 rings (SSSR count). The molecule has 5 nitrogen and oxygen atoms in total. The molecule has 0 spiro atoms. The number of nitrogens with two attached hydrogens (primary N) is 1. The Hall–Kier alpha value is -1.66. The smallest absolute Gasteiger partial charge is 0.320 e. The molecular formula is C14H18ClFN2O3. The SMILES string of the molecule is CCc1c(F)cc(C(=O)NCCC[C@H](N)C(=O)O)cc1Cl. The number of rotatable bonds is 7. The van der Waals surface area contributed by atoms with Gasteiger partial charge in [0.15, 0.2) is 0 Å². The third-order valence-electron chi connectivity index (χ3n) is 3.05. The fraction of sp³-hybridized carbons (Fsp3) is 0.429. The Balaban J connectivity index is 2.55. The summed E-state index contributed by atoms with van der Waals surface area (Å²) in [6, 6.07) is 1.61. The van der Waals surface area contributed by atoms with Crippen molar-refractivity contribution in [3.8, 4) is 0 Å². The van der Waals surface area contributed by atoms with Crippen molar-refractivity contribution in [2.75, 3.05) is 6.54 Å². The van der Waals surface area contributed by atoms with Crippen LogP contribution in [0.2, 0.25) is 5.02 Å². The van der Waals surface area contributed by atoms with E-state index in [9.17, 15) is 14.0 Å². The van der Waals surface area contributed by atoms with Gasteiger partial charge in [0.25, 0.3) is 5.91 Å². The zero-order valence-electron chi connectivity index (χ0n) is 11.7. The number of carboxylic acids is 1. The summed E-state index contributed by atoms with van der Waals surface area (Å²) < 4.78 is 13.7. The van der Waals surface area contributed by atoms with E-state index in [4.69, 9.17) is 22.4 Å².